The Morgan fingerprint density at radius 2 is 1.55 bits per heavy atom. The molecule has 3 fully saturated rings. The molecule has 1 aliphatic heterocycles. The molecule has 0 bridgehead atoms. The number of carboxylic acids is 1. The molecule has 0 aromatic carbocycles. The van der Waals surface area contributed by atoms with Gasteiger partial charge in [0.05, 0.1) is 20.8 Å². The van der Waals surface area contributed by atoms with Gasteiger partial charge in [0, 0.05) is 13.6 Å². The maximum absolute atomic E-state index is 14.2. The normalized spacial score (nSPS) is 23.9. The van der Waals surface area contributed by atoms with Crippen LogP contribution in [0, 0.1) is 23.2 Å². The second-order valence-corrected chi connectivity index (χ2v) is 13.3. The van der Waals surface area contributed by atoms with Crippen LogP contribution in [0.4, 0.5) is 9.59 Å². The Bertz CT molecular complexity index is 1090. The number of carbonyl (C=O) groups is 6. The predicted octanol–water partition coefficient (Wildman–Crippen LogP) is 1.72. The summed E-state index contributed by atoms with van der Waals surface area (Å²) in [4.78, 5) is 80.8. The van der Waals surface area contributed by atoms with Gasteiger partial charge in [-0.3, -0.25) is 14.4 Å². The number of rotatable bonds is 10. The average molecular weight is 624 g/mol. The van der Waals surface area contributed by atoms with E-state index in [-0.39, 0.29) is 24.3 Å². The molecule has 2 aliphatic carbocycles. The predicted molar refractivity (Wildman–Crippen MR) is 158 cm³/mol. The number of likely N-dealkylation sites (tertiary alicyclic amines) is 1. The van der Waals surface area contributed by atoms with Gasteiger partial charge in [0.25, 0.3) is 0 Å². The summed E-state index contributed by atoms with van der Waals surface area (Å²) in [5.41, 5.74) is -0.771. The van der Waals surface area contributed by atoms with E-state index in [0.717, 1.165) is 52.7 Å². The van der Waals surface area contributed by atoms with Gasteiger partial charge < -0.3 is 40.3 Å². The molecule has 4 N–H and O–H groups in total. The summed E-state index contributed by atoms with van der Waals surface area (Å²) >= 11 is 0. The van der Waals surface area contributed by atoms with Crippen LogP contribution in [0.2, 0.25) is 0 Å². The van der Waals surface area contributed by atoms with Gasteiger partial charge >= 0.3 is 18.2 Å². The minimum Gasteiger partial charge on any atom is -0.480 e. The maximum Gasteiger partial charge on any atom is 0.407 e. The third-order valence-electron chi connectivity index (χ3n) is 9.37. The van der Waals surface area contributed by atoms with E-state index in [1.165, 1.54) is 16.8 Å². The van der Waals surface area contributed by atoms with Crippen LogP contribution in [0.5, 0.6) is 0 Å². The quantitative estimate of drug-likeness (QED) is 0.281. The van der Waals surface area contributed by atoms with Gasteiger partial charge in [-0.05, 0) is 48.9 Å². The Morgan fingerprint density at radius 1 is 0.909 bits per heavy atom. The first kappa shape index (κ1) is 34.9. The summed E-state index contributed by atoms with van der Waals surface area (Å²) in [6.07, 6.45) is 4.92. The molecule has 1 saturated heterocycles. The maximum atomic E-state index is 14.2. The van der Waals surface area contributed by atoms with Crippen molar-refractivity contribution < 1.29 is 43.3 Å². The van der Waals surface area contributed by atoms with Crippen LogP contribution in [0.1, 0.15) is 72.1 Å². The summed E-state index contributed by atoms with van der Waals surface area (Å²) in [6, 6.07) is -4.25. The van der Waals surface area contributed by atoms with Crippen molar-refractivity contribution in [1.82, 2.24) is 25.8 Å². The van der Waals surface area contributed by atoms with Crippen LogP contribution in [-0.2, 0) is 28.7 Å². The molecule has 1 unspecified atom stereocenters. The van der Waals surface area contributed by atoms with Crippen LogP contribution in [0.25, 0.3) is 0 Å². The summed E-state index contributed by atoms with van der Waals surface area (Å²) in [7, 11) is 3.76. The van der Waals surface area contributed by atoms with Crippen LogP contribution in [0.3, 0.4) is 0 Å². The molecule has 1 heterocycles. The number of methoxy groups -OCH3 is 2. The minimum absolute atomic E-state index is 0.107. The topological polar surface area (TPSA) is 184 Å². The highest BCUT2D eigenvalue weighted by Crippen LogP contribution is 2.43. The molecular weight excluding hydrogens is 574 g/mol. The smallest absolute Gasteiger partial charge is 0.407 e. The Balaban J connectivity index is 1.89. The van der Waals surface area contributed by atoms with E-state index in [1.807, 2.05) is 20.8 Å². The van der Waals surface area contributed by atoms with Gasteiger partial charge in [0.1, 0.15) is 24.2 Å². The second-order valence-electron chi connectivity index (χ2n) is 13.3. The third-order valence-corrected chi connectivity index (χ3v) is 9.37. The number of amides is 5. The van der Waals surface area contributed by atoms with Gasteiger partial charge in [0.15, 0.2) is 0 Å². The molecule has 0 aromatic rings. The van der Waals surface area contributed by atoms with Crippen LogP contribution in [0.15, 0.2) is 0 Å². The number of aliphatic carboxylic acids is 1. The van der Waals surface area contributed by atoms with Crippen molar-refractivity contribution in [3.8, 4) is 0 Å². The fourth-order valence-corrected chi connectivity index (χ4v) is 7.09. The lowest BCUT2D eigenvalue weighted by Gasteiger charge is -2.40. The number of likely N-dealkylation sites (N-methyl/N-ethyl adjacent to an activating group) is 1. The van der Waals surface area contributed by atoms with E-state index in [1.54, 1.807) is 0 Å². The van der Waals surface area contributed by atoms with Gasteiger partial charge in [-0.15, -0.1) is 0 Å². The van der Waals surface area contributed by atoms with E-state index < -0.39 is 65.5 Å². The molecule has 248 valence electrons. The van der Waals surface area contributed by atoms with E-state index in [2.05, 4.69) is 25.4 Å². The molecule has 14 nitrogen and oxygen atoms in total. The highest BCUT2D eigenvalue weighted by Gasteiger charge is 2.52. The first-order valence-electron chi connectivity index (χ1n) is 15.5. The molecule has 3 rings (SSSR count). The van der Waals surface area contributed by atoms with Crippen molar-refractivity contribution in [2.45, 2.75) is 96.3 Å². The number of ether oxygens (including phenoxy) is 2. The highest BCUT2D eigenvalue weighted by atomic mass is 16.5. The van der Waals surface area contributed by atoms with Gasteiger partial charge in [0.2, 0.25) is 17.7 Å². The number of carbonyl (C=O) groups excluding carboxylic acids is 5. The van der Waals surface area contributed by atoms with Crippen LogP contribution in [-0.4, -0.2) is 109 Å². The molecule has 0 spiro atoms. The zero-order valence-electron chi connectivity index (χ0n) is 26.7. The van der Waals surface area contributed by atoms with Crippen molar-refractivity contribution in [2.75, 3.05) is 34.4 Å². The number of alkyl carbamates (subject to hydrolysis) is 2. The van der Waals surface area contributed by atoms with E-state index >= 15 is 0 Å². The van der Waals surface area contributed by atoms with Crippen molar-refractivity contribution in [3.05, 3.63) is 0 Å². The Kier molecular flexibility index (Phi) is 11.8. The molecule has 6 atom stereocenters. The van der Waals surface area contributed by atoms with Crippen LogP contribution < -0.4 is 16.0 Å². The number of hydrogen-bond donors (Lipinski definition) is 4. The minimum atomic E-state index is -1.27. The molecule has 0 radical (unpaired) electrons. The van der Waals surface area contributed by atoms with E-state index in [4.69, 9.17) is 0 Å². The Hall–Kier alpha value is -3.58. The van der Waals surface area contributed by atoms with Crippen molar-refractivity contribution >= 4 is 35.9 Å². The van der Waals surface area contributed by atoms with Crippen molar-refractivity contribution in [1.29, 1.82) is 0 Å². The molecule has 14 heteroatoms. The lowest BCUT2D eigenvalue weighted by atomic mass is 9.81. The summed E-state index contributed by atoms with van der Waals surface area (Å²) in [5, 5.41) is 17.8. The zero-order chi connectivity index (χ0) is 32.8. The highest BCUT2D eigenvalue weighted by molar-refractivity contribution is 5.95. The molecule has 44 heavy (non-hydrogen) atoms. The molecule has 5 amide bonds. The third kappa shape index (κ3) is 8.12. The zero-order valence-corrected chi connectivity index (χ0v) is 26.7. The molecule has 2 saturated carbocycles. The fourth-order valence-electron chi connectivity index (χ4n) is 7.09. The Labute approximate surface area is 258 Å². The standard InChI is InChI=1S/C30H49N5O9/c1-30(2,3)23(26(38)35-16-18-13-10-14-19(18)22(35)27(39)40)33-24(36)21(17-11-8-7-9-12-17)34(4)25(37)20(32-29(42)44-6)15-31-28(41)43-5/h17-23H,7-16H2,1-6H3,(H,31,41)(H,32,42)(H,33,36)(H,39,40)/t18?,19-,20-,21-,22-,23+/m0/s1. The molecular formula is C30H49N5O9. The lowest BCUT2D eigenvalue weighted by molar-refractivity contribution is -0.153. The van der Waals surface area contributed by atoms with Crippen molar-refractivity contribution in [2.24, 2.45) is 23.2 Å². The van der Waals surface area contributed by atoms with Gasteiger partial charge in [-0.2, -0.15) is 0 Å². The monoisotopic (exact) mass is 623 g/mol. The van der Waals surface area contributed by atoms with E-state index in [0.29, 0.717) is 19.4 Å². The first-order chi connectivity index (χ1) is 20.7. The molecule has 3 aliphatic rings. The fraction of sp³-hybridized carbons (Fsp3) is 0.800. The summed E-state index contributed by atoms with van der Waals surface area (Å²) in [6.45, 7) is 5.44. The largest absolute Gasteiger partial charge is 0.480 e. The average Bonchev–Trinajstić information content (AvgIpc) is 3.58. The number of nitrogens with zero attached hydrogens (tertiary/aromatic N) is 2. The van der Waals surface area contributed by atoms with Gasteiger partial charge in [-0.1, -0.05) is 46.5 Å². The lowest BCUT2D eigenvalue weighted by Crippen LogP contribution is -2.63. The summed E-state index contributed by atoms with van der Waals surface area (Å²) in [5.74, 6) is -2.88. The number of fused-ring (bicyclic) bond motifs is 1. The van der Waals surface area contributed by atoms with Gasteiger partial charge in [-0.25, -0.2) is 14.4 Å². The first-order valence-corrected chi connectivity index (χ1v) is 15.5. The number of hydrogen-bond acceptors (Lipinski definition) is 8. The number of nitrogens with one attached hydrogen (secondary N) is 3. The second kappa shape index (κ2) is 14.9. The van der Waals surface area contributed by atoms with Crippen molar-refractivity contribution in [3.63, 3.8) is 0 Å². The molecule has 0 aromatic heterocycles. The van der Waals surface area contributed by atoms with E-state index in [9.17, 15) is 33.9 Å². The van der Waals surface area contributed by atoms with Crippen LogP contribution >= 0.6 is 0 Å². The number of carboxylic acid groups (broad SMARTS) is 1. The summed E-state index contributed by atoms with van der Waals surface area (Å²) < 4.78 is 9.24. The SMILES string of the molecule is COC(=O)NC[C@H](NC(=O)OC)C(=O)N(C)[C@H](C(=O)N[C@H](C(=O)N1CC2CCC[C@@H]2[C@H]1C(=O)O)C(C)(C)C)C1CCCCC1. The Morgan fingerprint density at radius 3 is 2.11 bits per heavy atom.